The van der Waals surface area contributed by atoms with Crippen LogP contribution in [0.4, 0.5) is 5.82 Å². The van der Waals surface area contributed by atoms with Crippen LogP contribution >= 0.6 is 0 Å². The molecule has 1 heterocycles. The molecule has 1 atom stereocenters. The predicted octanol–water partition coefficient (Wildman–Crippen LogP) is 2.88. The minimum absolute atomic E-state index is 0.0327. The van der Waals surface area contributed by atoms with E-state index in [1.165, 1.54) is 0 Å². The van der Waals surface area contributed by atoms with Gasteiger partial charge in [0, 0.05) is 12.8 Å². The molecule has 0 saturated heterocycles. The van der Waals surface area contributed by atoms with Gasteiger partial charge in [0.2, 0.25) is 0 Å². The molecule has 0 saturated carbocycles. The molecule has 4 nitrogen and oxygen atoms in total. The van der Waals surface area contributed by atoms with E-state index in [-0.39, 0.29) is 12.6 Å². The number of anilines is 1. The van der Waals surface area contributed by atoms with Gasteiger partial charge in [-0.05, 0) is 30.5 Å². The fourth-order valence-electron chi connectivity index (χ4n) is 2.08. The van der Waals surface area contributed by atoms with Crippen molar-refractivity contribution in [2.75, 3.05) is 11.9 Å². The lowest BCUT2D eigenvalue weighted by Gasteiger charge is -2.20. The molecule has 2 N–H and O–H groups in total. The van der Waals surface area contributed by atoms with E-state index in [0.717, 1.165) is 12.0 Å². The number of benzene rings is 1. The lowest BCUT2D eigenvalue weighted by molar-refractivity contribution is 0.281. The van der Waals surface area contributed by atoms with Crippen LogP contribution < -0.4 is 5.32 Å². The third kappa shape index (κ3) is 3.56. The first kappa shape index (κ1) is 14.0. The van der Waals surface area contributed by atoms with E-state index in [0.29, 0.717) is 17.8 Å². The van der Waals surface area contributed by atoms with Crippen molar-refractivity contribution < 1.29 is 5.11 Å². The molecule has 1 aromatic carbocycles. The minimum Gasteiger partial charge on any atom is -0.396 e. The van der Waals surface area contributed by atoms with Crippen LogP contribution in [0, 0.1) is 11.3 Å². The van der Waals surface area contributed by atoms with Gasteiger partial charge in [0.15, 0.2) is 0 Å². The number of hydrogen-bond acceptors (Lipinski definition) is 4. The van der Waals surface area contributed by atoms with Crippen molar-refractivity contribution in [3.8, 4) is 6.07 Å². The SMILES string of the molecule is N#Cc1cccnc1NC(CCCO)c1ccccc1. The fraction of sp³-hybridized carbons (Fsp3) is 0.250. The average molecular weight is 267 g/mol. The first-order valence-electron chi connectivity index (χ1n) is 6.62. The molecule has 0 bridgehead atoms. The molecule has 2 rings (SSSR count). The summed E-state index contributed by atoms with van der Waals surface area (Å²) in [5.41, 5.74) is 1.65. The Hall–Kier alpha value is -2.38. The average Bonchev–Trinajstić information content (AvgIpc) is 2.52. The van der Waals surface area contributed by atoms with Crippen molar-refractivity contribution in [1.29, 1.82) is 5.26 Å². The molecule has 0 aliphatic carbocycles. The Bertz CT molecular complexity index is 578. The summed E-state index contributed by atoms with van der Waals surface area (Å²) in [6.07, 6.45) is 3.14. The summed E-state index contributed by atoms with van der Waals surface area (Å²) < 4.78 is 0. The van der Waals surface area contributed by atoms with Gasteiger partial charge >= 0.3 is 0 Å². The van der Waals surface area contributed by atoms with Crippen LogP contribution in [0.15, 0.2) is 48.7 Å². The normalized spacial score (nSPS) is 11.6. The van der Waals surface area contributed by atoms with E-state index in [1.807, 2.05) is 30.3 Å². The summed E-state index contributed by atoms with van der Waals surface area (Å²) in [5, 5.41) is 21.4. The summed E-state index contributed by atoms with van der Waals surface area (Å²) in [6.45, 7) is 0.151. The quantitative estimate of drug-likeness (QED) is 0.844. The molecule has 0 aliphatic rings. The van der Waals surface area contributed by atoms with E-state index in [4.69, 9.17) is 10.4 Å². The number of hydrogen-bond donors (Lipinski definition) is 2. The van der Waals surface area contributed by atoms with E-state index < -0.39 is 0 Å². The zero-order valence-electron chi connectivity index (χ0n) is 11.2. The summed E-state index contributed by atoms with van der Waals surface area (Å²) in [7, 11) is 0. The van der Waals surface area contributed by atoms with Crippen molar-refractivity contribution in [2.24, 2.45) is 0 Å². The number of nitrogens with one attached hydrogen (secondary N) is 1. The number of nitrogens with zero attached hydrogens (tertiary/aromatic N) is 2. The van der Waals surface area contributed by atoms with Crippen molar-refractivity contribution >= 4 is 5.82 Å². The Labute approximate surface area is 118 Å². The summed E-state index contributed by atoms with van der Waals surface area (Å²) in [6, 6.07) is 15.6. The summed E-state index contributed by atoms with van der Waals surface area (Å²) in [4.78, 5) is 4.23. The van der Waals surface area contributed by atoms with Gasteiger partial charge in [0.25, 0.3) is 0 Å². The highest BCUT2D eigenvalue weighted by Crippen LogP contribution is 2.24. The molecule has 0 aliphatic heterocycles. The second-order valence-corrected chi connectivity index (χ2v) is 4.48. The molecule has 4 heteroatoms. The van der Waals surface area contributed by atoms with Gasteiger partial charge in [-0.2, -0.15) is 5.26 Å². The Morgan fingerprint density at radius 3 is 2.70 bits per heavy atom. The molecule has 0 spiro atoms. The Balaban J connectivity index is 2.22. The summed E-state index contributed by atoms with van der Waals surface area (Å²) in [5.74, 6) is 0.585. The highest BCUT2D eigenvalue weighted by Gasteiger charge is 2.13. The highest BCUT2D eigenvalue weighted by atomic mass is 16.2. The zero-order valence-corrected chi connectivity index (χ0v) is 11.2. The molecular weight excluding hydrogens is 250 g/mol. The molecule has 0 radical (unpaired) electrons. The van der Waals surface area contributed by atoms with Gasteiger partial charge in [-0.15, -0.1) is 0 Å². The second kappa shape index (κ2) is 7.27. The Kier molecular flexibility index (Phi) is 5.10. The molecule has 1 aromatic heterocycles. The second-order valence-electron chi connectivity index (χ2n) is 4.48. The number of nitriles is 1. The van der Waals surface area contributed by atoms with Crippen molar-refractivity contribution in [1.82, 2.24) is 4.98 Å². The van der Waals surface area contributed by atoms with Crippen LogP contribution in [0.25, 0.3) is 0 Å². The van der Waals surface area contributed by atoms with Crippen LogP contribution in [0.1, 0.15) is 30.0 Å². The number of aliphatic hydroxyl groups is 1. The van der Waals surface area contributed by atoms with Crippen molar-refractivity contribution in [3.05, 3.63) is 59.8 Å². The van der Waals surface area contributed by atoms with Crippen LogP contribution in [0.5, 0.6) is 0 Å². The molecule has 102 valence electrons. The first-order valence-corrected chi connectivity index (χ1v) is 6.62. The van der Waals surface area contributed by atoms with Gasteiger partial charge in [0.05, 0.1) is 11.6 Å². The van der Waals surface area contributed by atoms with E-state index in [9.17, 15) is 0 Å². The van der Waals surface area contributed by atoms with Gasteiger partial charge in [0.1, 0.15) is 11.9 Å². The number of aliphatic hydroxyl groups excluding tert-OH is 1. The van der Waals surface area contributed by atoms with Crippen LogP contribution in [-0.2, 0) is 0 Å². The third-order valence-corrected chi connectivity index (χ3v) is 3.09. The summed E-state index contributed by atoms with van der Waals surface area (Å²) >= 11 is 0. The maximum atomic E-state index is 9.11. The maximum Gasteiger partial charge on any atom is 0.144 e. The van der Waals surface area contributed by atoms with E-state index in [1.54, 1.807) is 18.3 Å². The molecule has 0 fully saturated rings. The lowest BCUT2D eigenvalue weighted by Crippen LogP contribution is -2.13. The minimum atomic E-state index is 0.0327. The van der Waals surface area contributed by atoms with Crippen LogP contribution in [0.3, 0.4) is 0 Å². The van der Waals surface area contributed by atoms with Crippen molar-refractivity contribution in [3.63, 3.8) is 0 Å². The Morgan fingerprint density at radius 1 is 1.20 bits per heavy atom. The van der Waals surface area contributed by atoms with Crippen LogP contribution in [-0.4, -0.2) is 16.7 Å². The van der Waals surface area contributed by atoms with E-state index in [2.05, 4.69) is 16.4 Å². The van der Waals surface area contributed by atoms with Gasteiger partial charge in [-0.3, -0.25) is 0 Å². The Morgan fingerprint density at radius 2 is 2.00 bits per heavy atom. The van der Waals surface area contributed by atoms with Gasteiger partial charge in [-0.25, -0.2) is 4.98 Å². The predicted molar refractivity (Wildman–Crippen MR) is 78.1 cm³/mol. The third-order valence-electron chi connectivity index (χ3n) is 3.09. The van der Waals surface area contributed by atoms with E-state index >= 15 is 0 Å². The number of rotatable bonds is 6. The molecule has 20 heavy (non-hydrogen) atoms. The smallest absolute Gasteiger partial charge is 0.144 e. The largest absolute Gasteiger partial charge is 0.396 e. The standard InChI is InChI=1S/C16H17N3O/c17-12-14-8-4-10-18-16(14)19-15(9-5-11-20)13-6-2-1-3-7-13/h1-4,6-8,10,15,20H,5,9,11H2,(H,18,19). The zero-order chi connectivity index (χ0) is 14.2. The van der Waals surface area contributed by atoms with Gasteiger partial charge in [-0.1, -0.05) is 30.3 Å². The number of pyridine rings is 1. The molecule has 2 aromatic rings. The topological polar surface area (TPSA) is 68.9 Å². The molecular formula is C16H17N3O. The monoisotopic (exact) mass is 267 g/mol. The van der Waals surface area contributed by atoms with Gasteiger partial charge < -0.3 is 10.4 Å². The highest BCUT2D eigenvalue weighted by molar-refractivity contribution is 5.52. The fourth-order valence-corrected chi connectivity index (χ4v) is 2.08. The molecule has 1 unspecified atom stereocenters. The molecule has 0 amide bonds. The first-order chi connectivity index (χ1) is 9.85. The number of aromatic nitrogens is 1. The maximum absolute atomic E-state index is 9.11. The van der Waals surface area contributed by atoms with Crippen molar-refractivity contribution in [2.45, 2.75) is 18.9 Å². The van der Waals surface area contributed by atoms with Crippen LogP contribution in [0.2, 0.25) is 0 Å². The lowest BCUT2D eigenvalue weighted by atomic mass is 10.0.